The van der Waals surface area contributed by atoms with E-state index in [1.807, 2.05) is 11.7 Å². The van der Waals surface area contributed by atoms with E-state index in [4.69, 9.17) is 4.99 Å². The number of hydrogen-bond acceptors (Lipinski definition) is 2. The summed E-state index contributed by atoms with van der Waals surface area (Å²) in [5.74, 6) is 1.82. The van der Waals surface area contributed by atoms with Gasteiger partial charge in [-0.15, -0.1) is 24.0 Å². The molecule has 2 heterocycles. The van der Waals surface area contributed by atoms with Crippen LogP contribution in [-0.2, 0) is 26.4 Å². The molecule has 0 aliphatic carbocycles. The lowest BCUT2D eigenvalue weighted by atomic mass is 10.0. The van der Waals surface area contributed by atoms with Gasteiger partial charge in [-0.1, -0.05) is 20.8 Å². The fourth-order valence-electron chi connectivity index (χ4n) is 3.53. The zero-order valence-electron chi connectivity index (χ0n) is 15.9. The van der Waals surface area contributed by atoms with Crippen LogP contribution in [0, 0.1) is 5.92 Å². The van der Waals surface area contributed by atoms with Crippen LogP contribution in [0.15, 0.2) is 4.99 Å². The quantitative estimate of drug-likeness (QED) is 0.428. The highest BCUT2D eigenvalue weighted by atomic mass is 127. The summed E-state index contributed by atoms with van der Waals surface area (Å²) < 4.78 is 2.03. The molecule has 1 aliphatic rings. The molecule has 0 spiro atoms. The standard InChI is InChI=1S/C18H33N5.HI/c1-6-16-15(17(7-2)22(5)21-16)12-20-18(19-8-3)23-11-9-10-14(4)13-23;/h14H,6-13H2,1-5H3,(H,19,20);1H. The molecular weight excluding hydrogens is 413 g/mol. The lowest BCUT2D eigenvalue weighted by Gasteiger charge is -2.33. The van der Waals surface area contributed by atoms with Crippen molar-refractivity contribution in [1.82, 2.24) is 20.0 Å². The van der Waals surface area contributed by atoms with E-state index in [2.05, 4.69) is 43.0 Å². The topological polar surface area (TPSA) is 45.5 Å². The number of aromatic nitrogens is 2. The SMILES string of the molecule is CCNC(=NCc1c(CC)nn(C)c1CC)N1CCCC(C)C1.I. The van der Waals surface area contributed by atoms with Gasteiger partial charge in [-0.25, -0.2) is 4.99 Å². The van der Waals surface area contributed by atoms with Crippen LogP contribution in [0.25, 0.3) is 0 Å². The van der Waals surface area contributed by atoms with E-state index in [0.717, 1.165) is 50.9 Å². The number of nitrogens with zero attached hydrogens (tertiary/aromatic N) is 4. The van der Waals surface area contributed by atoms with Gasteiger partial charge in [0.2, 0.25) is 0 Å². The van der Waals surface area contributed by atoms with Crippen LogP contribution in [0.4, 0.5) is 0 Å². The second-order valence-electron chi connectivity index (χ2n) is 6.57. The van der Waals surface area contributed by atoms with Crippen LogP contribution in [0.1, 0.15) is 57.5 Å². The number of guanidine groups is 1. The van der Waals surface area contributed by atoms with Crippen molar-refractivity contribution < 1.29 is 0 Å². The second kappa shape index (κ2) is 10.3. The Labute approximate surface area is 164 Å². The number of nitrogens with one attached hydrogen (secondary N) is 1. The molecule has 0 amide bonds. The number of aryl methyl sites for hydroxylation is 2. The number of rotatable bonds is 5. The molecule has 0 saturated carbocycles. The predicted octanol–water partition coefficient (Wildman–Crippen LogP) is 3.36. The van der Waals surface area contributed by atoms with Gasteiger partial charge in [0.05, 0.1) is 12.2 Å². The van der Waals surface area contributed by atoms with E-state index in [1.165, 1.54) is 29.8 Å². The minimum absolute atomic E-state index is 0. The number of halogens is 1. The van der Waals surface area contributed by atoms with Crippen LogP contribution in [0.5, 0.6) is 0 Å². The Morgan fingerprint density at radius 3 is 2.62 bits per heavy atom. The first-order valence-corrected chi connectivity index (χ1v) is 9.17. The summed E-state index contributed by atoms with van der Waals surface area (Å²) in [5.41, 5.74) is 3.82. The smallest absolute Gasteiger partial charge is 0.194 e. The highest BCUT2D eigenvalue weighted by Crippen LogP contribution is 2.18. The largest absolute Gasteiger partial charge is 0.357 e. The van der Waals surface area contributed by atoms with Gasteiger partial charge in [-0.2, -0.15) is 5.10 Å². The molecule has 2 rings (SSSR count). The van der Waals surface area contributed by atoms with Gasteiger partial charge in [0.1, 0.15) is 0 Å². The highest BCUT2D eigenvalue weighted by Gasteiger charge is 2.20. The Kier molecular flexibility index (Phi) is 9.08. The van der Waals surface area contributed by atoms with E-state index in [1.54, 1.807) is 0 Å². The lowest BCUT2D eigenvalue weighted by Crippen LogP contribution is -2.46. The Hall–Kier alpha value is -0.790. The first-order chi connectivity index (χ1) is 11.1. The molecule has 24 heavy (non-hydrogen) atoms. The maximum atomic E-state index is 4.95. The minimum Gasteiger partial charge on any atom is -0.357 e. The highest BCUT2D eigenvalue weighted by molar-refractivity contribution is 14.0. The summed E-state index contributed by atoms with van der Waals surface area (Å²) in [5, 5.41) is 8.14. The summed E-state index contributed by atoms with van der Waals surface area (Å²) in [4.78, 5) is 7.37. The van der Waals surface area contributed by atoms with E-state index in [9.17, 15) is 0 Å². The Balaban J connectivity index is 0.00000288. The molecule has 1 saturated heterocycles. The summed E-state index contributed by atoms with van der Waals surface area (Å²) in [7, 11) is 2.04. The van der Waals surface area contributed by atoms with Crippen LogP contribution in [0.3, 0.4) is 0 Å². The fourth-order valence-corrected chi connectivity index (χ4v) is 3.53. The number of hydrogen-bond donors (Lipinski definition) is 1. The normalized spacial score (nSPS) is 18.5. The maximum Gasteiger partial charge on any atom is 0.194 e. The lowest BCUT2D eigenvalue weighted by molar-refractivity contribution is 0.266. The Bertz CT molecular complexity index is 538. The van der Waals surface area contributed by atoms with E-state index in [-0.39, 0.29) is 24.0 Å². The summed E-state index contributed by atoms with van der Waals surface area (Å²) in [6, 6.07) is 0. The van der Waals surface area contributed by atoms with E-state index in [0.29, 0.717) is 0 Å². The molecule has 1 aromatic rings. The average Bonchev–Trinajstić information content (AvgIpc) is 2.86. The van der Waals surface area contributed by atoms with Crippen molar-refractivity contribution >= 4 is 29.9 Å². The first kappa shape index (κ1) is 21.3. The van der Waals surface area contributed by atoms with Crippen LogP contribution >= 0.6 is 24.0 Å². The van der Waals surface area contributed by atoms with Crippen molar-refractivity contribution in [3.8, 4) is 0 Å². The van der Waals surface area contributed by atoms with Crippen molar-refractivity contribution in [3.05, 3.63) is 17.0 Å². The van der Waals surface area contributed by atoms with Crippen molar-refractivity contribution in [1.29, 1.82) is 0 Å². The van der Waals surface area contributed by atoms with Crippen molar-refractivity contribution in [2.24, 2.45) is 18.0 Å². The van der Waals surface area contributed by atoms with Crippen molar-refractivity contribution in [2.45, 2.75) is 59.9 Å². The molecule has 1 atom stereocenters. The summed E-state index contributed by atoms with van der Waals surface area (Å²) in [6.45, 7) is 12.7. The third-order valence-electron chi connectivity index (χ3n) is 4.71. The average molecular weight is 447 g/mol. The molecule has 0 bridgehead atoms. The Morgan fingerprint density at radius 1 is 1.29 bits per heavy atom. The Morgan fingerprint density at radius 2 is 2.04 bits per heavy atom. The predicted molar refractivity (Wildman–Crippen MR) is 112 cm³/mol. The van der Waals surface area contributed by atoms with Gasteiger partial charge < -0.3 is 10.2 Å². The maximum absolute atomic E-state index is 4.95. The molecule has 1 aliphatic heterocycles. The number of aliphatic imine (C=N–C) groups is 1. The molecular formula is C18H34IN5. The second-order valence-corrected chi connectivity index (χ2v) is 6.57. The van der Waals surface area contributed by atoms with Crippen LogP contribution in [0.2, 0.25) is 0 Å². The molecule has 1 N–H and O–H groups in total. The van der Waals surface area contributed by atoms with Crippen molar-refractivity contribution in [3.63, 3.8) is 0 Å². The van der Waals surface area contributed by atoms with Crippen LogP contribution < -0.4 is 5.32 Å². The molecule has 1 fully saturated rings. The minimum atomic E-state index is 0. The third-order valence-corrected chi connectivity index (χ3v) is 4.71. The van der Waals surface area contributed by atoms with Gasteiger partial charge in [-0.05, 0) is 38.5 Å². The van der Waals surface area contributed by atoms with Gasteiger partial charge in [0, 0.05) is 37.9 Å². The molecule has 5 nitrogen and oxygen atoms in total. The van der Waals surface area contributed by atoms with E-state index < -0.39 is 0 Å². The summed E-state index contributed by atoms with van der Waals surface area (Å²) >= 11 is 0. The molecule has 6 heteroatoms. The molecule has 1 unspecified atom stereocenters. The van der Waals surface area contributed by atoms with Gasteiger partial charge in [-0.3, -0.25) is 4.68 Å². The van der Waals surface area contributed by atoms with E-state index >= 15 is 0 Å². The summed E-state index contributed by atoms with van der Waals surface area (Å²) in [6.07, 6.45) is 4.57. The van der Waals surface area contributed by atoms with Gasteiger partial charge >= 0.3 is 0 Å². The molecule has 138 valence electrons. The van der Waals surface area contributed by atoms with Crippen LogP contribution in [-0.4, -0.2) is 40.3 Å². The monoisotopic (exact) mass is 447 g/mol. The molecule has 0 aromatic carbocycles. The molecule has 0 radical (unpaired) electrons. The number of likely N-dealkylation sites (tertiary alicyclic amines) is 1. The van der Waals surface area contributed by atoms with Gasteiger partial charge in [0.15, 0.2) is 5.96 Å². The first-order valence-electron chi connectivity index (χ1n) is 9.17. The third kappa shape index (κ3) is 5.10. The fraction of sp³-hybridized carbons (Fsp3) is 0.778. The zero-order chi connectivity index (χ0) is 16.8. The molecule has 1 aromatic heterocycles. The van der Waals surface area contributed by atoms with Gasteiger partial charge in [0.25, 0.3) is 0 Å². The zero-order valence-corrected chi connectivity index (χ0v) is 18.3. The number of piperidine rings is 1. The van der Waals surface area contributed by atoms with Crippen molar-refractivity contribution in [2.75, 3.05) is 19.6 Å².